The predicted molar refractivity (Wildman–Crippen MR) is 187 cm³/mol. The van der Waals surface area contributed by atoms with Crippen molar-refractivity contribution in [2.24, 2.45) is 5.41 Å². The van der Waals surface area contributed by atoms with Gasteiger partial charge in [-0.3, -0.25) is 5.32 Å². The molecule has 11 heteroatoms. The van der Waals surface area contributed by atoms with E-state index in [4.69, 9.17) is 19.3 Å². The normalized spacial score (nSPS) is 15.4. The summed E-state index contributed by atoms with van der Waals surface area (Å²) in [5.74, 6) is -0.526. The second-order valence-corrected chi connectivity index (χ2v) is 28.0. The molecule has 0 atom stereocenters. The molecule has 2 aromatic heterocycles. The van der Waals surface area contributed by atoms with Gasteiger partial charge >= 0.3 is 6.09 Å². The predicted octanol–water partition coefficient (Wildman–Crippen LogP) is 9.13. The highest BCUT2D eigenvalue weighted by atomic mass is 28.3. The number of ether oxygens (including phenoxy) is 3. The highest BCUT2D eigenvalue weighted by molar-refractivity contribution is 6.76. The van der Waals surface area contributed by atoms with Crippen molar-refractivity contribution in [3.05, 3.63) is 35.3 Å². The Morgan fingerprint density at radius 2 is 1.62 bits per heavy atom. The van der Waals surface area contributed by atoms with Crippen LogP contribution in [0.1, 0.15) is 52.3 Å². The number of carbonyl (C=O) groups excluding carboxylic acids is 1. The van der Waals surface area contributed by atoms with E-state index in [1.54, 1.807) is 26.8 Å². The van der Waals surface area contributed by atoms with Crippen molar-refractivity contribution >= 4 is 38.8 Å². The van der Waals surface area contributed by atoms with Gasteiger partial charge in [0.15, 0.2) is 0 Å². The minimum Gasteiger partial charge on any atom is -0.444 e. The highest BCUT2D eigenvalue weighted by Gasteiger charge is 2.33. The van der Waals surface area contributed by atoms with Crippen LogP contribution < -0.4 is 5.32 Å². The standard InChI is InChI=1S/C34H55FN4O4Si2/c1-33(2,3)43-32(40)36-27-20-28-24(18-26(27)35)19-29(38(28)22-41-14-16-44(6,7)8)31-25-12-13-34(4,5)21-30(25)39(37-31)23-42-15-17-45(9,10)11/h18-20H,12-17,21-23H2,1-11H3,(H,36,40). The lowest BCUT2D eigenvalue weighted by Crippen LogP contribution is -2.27. The van der Waals surface area contributed by atoms with E-state index >= 15 is 4.39 Å². The Hall–Kier alpha value is -2.48. The highest BCUT2D eigenvalue weighted by Crippen LogP contribution is 2.41. The first-order chi connectivity index (χ1) is 20.7. The second kappa shape index (κ2) is 13.3. The Morgan fingerprint density at radius 3 is 2.22 bits per heavy atom. The second-order valence-electron chi connectivity index (χ2n) is 16.8. The van der Waals surface area contributed by atoms with Crippen molar-refractivity contribution in [3.8, 4) is 11.4 Å². The molecule has 45 heavy (non-hydrogen) atoms. The number of nitrogens with one attached hydrogen (secondary N) is 1. The zero-order chi connectivity index (χ0) is 33.4. The van der Waals surface area contributed by atoms with Crippen LogP contribution in [0.15, 0.2) is 18.2 Å². The van der Waals surface area contributed by atoms with Gasteiger partial charge in [0.2, 0.25) is 0 Å². The maximum atomic E-state index is 15.4. The molecule has 0 radical (unpaired) electrons. The van der Waals surface area contributed by atoms with Crippen LogP contribution >= 0.6 is 0 Å². The molecule has 4 rings (SSSR count). The van der Waals surface area contributed by atoms with E-state index in [-0.39, 0.29) is 11.1 Å². The third kappa shape index (κ3) is 9.76. The Morgan fingerprint density at radius 1 is 1.00 bits per heavy atom. The summed E-state index contributed by atoms with van der Waals surface area (Å²) in [4.78, 5) is 12.6. The van der Waals surface area contributed by atoms with E-state index < -0.39 is 33.7 Å². The number of halogens is 1. The van der Waals surface area contributed by atoms with Gasteiger partial charge in [-0.15, -0.1) is 0 Å². The van der Waals surface area contributed by atoms with Gasteiger partial charge in [0.1, 0.15) is 30.6 Å². The Balaban J connectivity index is 1.76. The lowest BCUT2D eigenvalue weighted by atomic mass is 9.76. The summed E-state index contributed by atoms with van der Waals surface area (Å²) in [5, 5.41) is 8.49. The SMILES string of the molecule is CC1(C)CCc2c(-c3cc4cc(F)c(NC(=O)OC(C)(C)C)cc4n3COCC[Si](C)(C)C)nn(COCC[Si](C)(C)C)c2C1. The average molecular weight is 659 g/mol. The quantitative estimate of drug-likeness (QED) is 0.155. The molecule has 250 valence electrons. The van der Waals surface area contributed by atoms with Gasteiger partial charge < -0.3 is 18.8 Å². The summed E-state index contributed by atoms with van der Waals surface area (Å²) >= 11 is 0. The molecule has 0 spiro atoms. The topological polar surface area (TPSA) is 79.5 Å². The summed E-state index contributed by atoms with van der Waals surface area (Å²) < 4.78 is 37.3. The van der Waals surface area contributed by atoms with Crippen LogP contribution in [0.3, 0.4) is 0 Å². The van der Waals surface area contributed by atoms with Gasteiger partial charge in [-0.2, -0.15) is 5.10 Å². The summed E-state index contributed by atoms with van der Waals surface area (Å²) in [6, 6.07) is 7.27. The minimum absolute atomic E-state index is 0.0647. The molecular formula is C34H55FN4O4Si2. The fraction of sp³-hybridized carbons (Fsp3) is 0.647. The summed E-state index contributed by atoms with van der Waals surface area (Å²) in [6.45, 7) is 26.1. The molecule has 0 aliphatic heterocycles. The number of rotatable bonds is 12. The first-order valence-electron chi connectivity index (χ1n) is 16.3. The van der Waals surface area contributed by atoms with Gasteiger partial charge in [-0.1, -0.05) is 53.1 Å². The van der Waals surface area contributed by atoms with Gasteiger partial charge in [0.05, 0.1) is 16.9 Å². The molecule has 0 unspecified atom stereocenters. The molecule has 0 fully saturated rings. The molecule has 1 aliphatic carbocycles. The van der Waals surface area contributed by atoms with Crippen molar-refractivity contribution in [3.63, 3.8) is 0 Å². The maximum absolute atomic E-state index is 15.4. The minimum atomic E-state index is -1.30. The van der Waals surface area contributed by atoms with Crippen LogP contribution in [0.2, 0.25) is 51.4 Å². The van der Waals surface area contributed by atoms with Crippen LogP contribution in [-0.2, 0) is 40.5 Å². The summed E-state index contributed by atoms with van der Waals surface area (Å²) in [6.07, 6.45) is 2.18. The molecular weight excluding hydrogens is 604 g/mol. The monoisotopic (exact) mass is 658 g/mol. The fourth-order valence-electron chi connectivity index (χ4n) is 5.50. The molecule has 0 saturated carbocycles. The van der Waals surface area contributed by atoms with Crippen molar-refractivity contribution in [1.82, 2.24) is 14.3 Å². The fourth-order valence-corrected chi connectivity index (χ4v) is 7.02. The van der Waals surface area contributed by atoms with Crippen LogP contribution in [0, 0.1) is 11.2 Å². The van der Waals surface area contributed by atoms with Crippen LogP contribution in [0.5, 0.6) is 0 Å². The zero-order valence-corrected chi connectivity index (χ0v) is 31.4. The van der Waals surface area contributed by atoms with Crippen molar-refractivity contribution < 1.29 is 23.4 Å². The number of fused-ring (bicyclic) bond motifs is 2. The van der Waals surface area contributed by atoms with E-state index in [9.17, 15) is 4.79 Å². The number of benzene rings is 1. The van der Waals surface area contributed by atoms with Gasteiger partial charge in [0.25, 0.3) is 0 Å². The number of hydrogen-bond donors (Lipinski definition) is 1. The van der Waals surface area contributed by atoms with E-state index in [0.717, 1.165) is 60.2 Å². The Labute approximate surface area is 271 Å². The number of hydrogen-bond acceptors (Lipinski definition) is 5. The molecule has 1 N–H and O–H groups in total. The van der Waals surface area contributed by atoms with Crippen LogP contribution in [-0.4, -0.2) is 55.4 Å². The lowest BCUT2D eigenvalue weighted by Gasteiger charge is -2.30. The number of nitrogens with zero attached hydrogens (tertiary/aromatic N) is 3. The van der Waals surface area contributed by atoms with Crippen molar-refractivity contribution in [2.45, 2.75) is 124 Å². The molecule has 1 aliphatic rings. The average Bonchev–Trinajstić information content (AvgIpc) is 3.38. The molecule has 8 nitrogen and oxygen atoms in total. The van der Waals surface area contributed by atoms with E-state index in [2.05, 4.69) is 63.0 Å². The summed E-state index contributed by atoms with van der Waals surface area (Å²) in [5.41, 5.74) is 4.49. The van der Waals surface area contributed by atoms with E-state index in [1.165, 1.54) is 17.3 Å². The smallest absolute Gasteiger partial charge is 0.412 e. The summed E-state index contributed by atoms with van der Waals surface area (Å²) in [7, 11) is -2.51. The molecule has 0 bridgehead atoms. The Kier molecular flexibility index (Phi) is 10.5. The van der Waals surface area contributed by atoms with Crippen molar-refractivity contribution in [2.75, 3.05) is 18.5 Å². The first-order valence-corrected chi connectivity index (χ1v) is 23.7. The van der Waals surface area contributed by atoms with E-state index in [0.29, 0.717) is 20.1 Å². The van der Waals surface area contributed by atoms with Crippen LogP contribution in [0.25, 0.3) is 22.3 Å². The first kappa shape index (κ1) is 35.4. The third-order valence-corrected chi connectivity index (χ3v) is 11.6. The van der Waals surface area contributed by atoms with E-state index in [1.807, 2.05) is 10.7 Å². The molecule has 1 aromatic carbocycles. The molecule has 3 aromatic rings. The largest absolute Gasteiger partial charge is 0.444 e. The number of carbonyl (C=O) groups is 1. The maximum Gasteiger partial charge on any atom is 0.412 e. The number of aromatic nitrogens is 3. The van der Waals surface area contributed by atoms with Crippen molar-refractivity contribution in [1.29, 1.82) is 0 Å². The van der Waals surface area contributed by atoms with Crippen LogP contribution in [0.4, 0.5) is 14.9 Å². The number of anilines is 1. The third-order valence-electron chi connectivity index (χ3n) is 8.16. The van der Waals surface area contributed by atoms with Gasteiger partial charge in [-0.25, -0.2) is 13.9 Å². The van der Waals surface area contributed by atoms with Gasteiger partial charge in [-0.05, 0) is 75.7 Å². The Bertz CT molecular complexity index is 1510. The molecule has 0 saturated heterocycles. The molecule has 1 amide bonds. The lowest BCUT2D eigenvalue weighted by molar-refractivity contribution is 0.0635. The number of amides is 1. The molecule has 2 heterocycles. The van der Waals surface area contributed by atoms with Gasteiger partial charge in [0, 0.05) is 46.0 Å². The zero-order valence-electron chi connectivity index (χ0n) is 29.4.